The van der Waals surface area contributed by atoms with Crippen molar-refractivity contribution in [2.45, 2.75) is 26.8 Å². The summed E-state index contributed by atoms with van der Waals surface area (Å²) in [5.74, 6) is -0.00764. The van der Waals surface area contributed by atoms with E-state index in [1.54, 1.807) is 12.1 Å². The lowest BCUT2D eigenvalue weighted by Crippen LogP contribution is -3.08. The maximum atomic E-state index is 9.30. The van der Waals surface area contributed by atoms with Gasteiger partial charge in [0.2, 0.25) is 0 Å². The molecule has 1 heterocycles. The van der Waals surface area contributed by atoms with Gasteiger partial charge in [0.05, 0.1) is 13.6 Å². The van der Waals surface area contributed by atoms with E-state index in [4.69, 9.17) is 0 Å². The molecule has 15 heavy (non-hydrogen) atoms. The van der Waals surface area contributed by atoms with E-state index in [-0.39, 0.29) is 11.5 Å². The Kier molecular flexibility index (Phi) is 3.97. The van der Waals surface area contributed by atoms with Crippen LogP contribution in [0.1, 0.15) is 25.0 Å². The van der Waals surface area contributed by atoms with E-state index in [0.717, 1.165) is 25.1 Å². The number of nitrogens with one attached hydrogen (secondary N) is 1. The fraction of sp³-hybridized carbons (Fsp3) is 0.500. The largest absolute Gasteiger partial charge is 0.504 e. The van der Waals surface area contributed by atoms with Crippen molar-refractivity contribution < 1.29 is 15.1 Å². The van der Waals surface area contributed by atoms with Gasteiger partial charge in [-0.15, -0.1) is 0 Å². The quantitative estimate of drug-likeness (QED) is 0.552. The third kappa shape index (κ3) is 2.63. The molecule has 0 amide bonds. The zero-order valence-corrected chi connectivity index (χ0v) is 9.67. The Hall–Kier alpha value is -1.22. The van der Waals surface area contributed by atoms with Crippen LogP contribution in [-0.4, -0.2) is 23.8 Å². The first-order valence-corrected chi connectivity index (χ1v) is 5.52. The molecule has 1 aliphatic heterocycles. The fourth-order valence-electron chi connectivity index (χ4n) is 1.82. The molecule has 0 aromatic heterocycles. The number of phenols is 2. The van der Waals surface area contributed by atoms with Crippen molar-refractivity contribution in [2.75, 3.05) is 13.6 Å². The van der Waals surface area contributed by atoms with Crippen LogP contribution < -0.4 is 4.90 Å². The highest BCUT2D eigenvalue weighted by Crippen LogP contribution is 2.28. The van der Waals surface area contributed by atoms with E-state index >= 15 is 0 Å². The number of quaternary nitrogens is 1. The molecule has 0 bridgehead atoms. The summed E-state index contributed by atoms with van der Waals surface area (Å²) in [7, 11) is 2.13. The second kappa shape index (κ2) is 5.03. The first kappa shape index (κ1) is 11.9. The minimum absolute atomic E-state index is 0.00157. The third-order valence-corrected chi connectivity index (χ3v) is 2.61. The van der Waals surface area contributed by atoms with Crippen LogP contribution in [0.3, 0.4) is 0 Å². The number of fused-ring (bicyclic) bond motifs is 1. The Morgan fingerprint density at radius 2 is 1.60 bits per heavy atom. The van der Waals surface area contributed by atoms with Crippen LogP contribution in [0.5, 0.6) is 11.5 Å². The molecule has 3 nitrogen and oxygen atoms in total. The number of likely N-dealkylation sites (N-methyl/N-ethyl adjacent to an activating group) is 1. The molecule has 1 unspecified atom stereocenters. The van der Waals surface area contributed by atoms with Gasteiger partial charge in [-0.3, -0.25) is 0 Å². The van der Waals surface area contributed by atoms with Crippen molar-refractivity contribution in [2.24, 2.45) is 0 Å². The molecule has 0 aliphatic carbocycles. The topological polar surface area (TPSA) is 44.9 Å². The lowest BCUT2D eigenvalue weighted by Gasteiger charge is -2.22. The Morgan fingerprint density at radius 3 is 2.20 bits per heavy atom. The Bertz CT molecular complexity index is 337. The summed E-state index contributed by atoms with van der Waals surface area (Å²) in [6.45, 7) is 6.03. The average molecular weight is 210 g/mol. The van der Waals surface area contributed by atoms with Gasteiger partial charge in [-0.1, -0.05) is 13.8 Å². The maximum Gasteiger partial charge on any atom is 0.157 e. The molecule has 0 saturated carbocycles. The lowest BCUT2D eigenvalue weighted by atomic mass is 9.99. The summed E-state index contributed by atoms with van der Waals surface area (Å²) in [6.07, 6.45) is 0.981. The standard InChI is InChI=1S/C10H13NO2.C2H6/c1-11-3-2-7-4-9(12)10(13)5-8(7)6-11;1-2/h4-5,12-13H,2-3,6H2,1H3;1-2H3/p+1. The smallest absolute Gasteiger partial charge is 0.157 e. The number of benzene rings is 1. The summed E-state index contributed by atoms with van der Waals surface area (Å²) in [4.78, 5) is 1.44. The summed E-state index contributed by atoms with van der Waals surface area (Å²) in [5.41, 5.74) is 2.32. The highest BCUT2D eigenvalue weighted by Gasteiger charge is 2.17. The molecule has 0 radical (unpaired) electrons. The first-order chi connectivity index (χ1) is 7.16. The molecule has 1 aromatic carbocycles. The van der Waals surface area contributed by atoms with Gasteiger partial charge < -0.3 is 15.1 Å². The van der Waals surface area contributed by atoms with Gasteiger partial charge in [-0.25, -0.2) is 0 Å². The van der Waals surface area contributed by atoms with Crippen LogP contribution >= 0.6 is 0 Å². The highest BCUT2D eigenvalue weighted by molar-refractivity contribution is 5.45. The second-order valence-electron chi connectivity index (χ2n) is 3.74. The fourth-order valence-corrected chi connectivity index (χ4v) is 1.82. The van der Waals surface area contributed by atoms with Crippen LogP contribution in [0.15, 0.2) is 12.1 Å². The van der Waals surface area contributed by atoms with Gasteiger partial charge in [0.25, 0.3) is 0 Å². The lowest BCUT2D eigenvalue weighted by molar-refractivity contribution is -0.895. The minimum atomic E-state index is -0.00606. The normalized spacial score (nSPS) is 18.7. The van der Waals surface area contributed by atoms with Crippen LogP contribution in [0.25, 0.3) is 0 Å². The molecule has 3 heteroatoms. The summed E-state index contributed by atoms with van der Waals surface area (Å²) >= 11 is 0. The monoisotopic (exact) mass is 210 g/mol. The molecular weight excluding hydrogens is 190 g/mol. The minimum Gasteiger partial charge on any atom is -0.504 e. The van der Waals surface area contributed by atoms with Crippen molar-refractivity contribution in [1.29, 1.82) is 0 Å². The van der Waals surface area contributed by atoms with Crippen molar-refractivity contribution in [3.05, 3.63) is 23.3 Å². The summed E-state index contributed by atoms with van der Waals surface area (Å²) in [5, 5.41) is 18.6. The van der Waals surface area contributed by atoms with E-state index in [1.807, 2.05) is 13.8 Å². The predicted molar refractivity (Wildman–Crippen MR) is 60.3 cm³/mol. The Balaban J connectivity index is 0.000000531. The van der Waals surface area contributed by atoms with E-state index < -0.39 is 0 Å². The molecule has 0 fully saturated rings. The molecule has 1 atom stereocenters. The molecule has 84 valence electrons. The zero-order valence-electron chi connectivity index (χ0n) is 9.67. The number of aromatic hydroxyl groups is 2. The van der Waals surface area contributed by atoms with Crippen molar-refractivity contribution in [1.82, 2.24) is 0 Å². The van der Waals surface area contributed by atoms with Crippen LogP contribution in [0, 0.1) is 0 Å². The molecule has 0 spiro atoms. The number of phenolic OH excluding ortho intramolecular Hbond substituents is 2. The molecular formula is C12H20NO2+. The molecule has 2 rings (SSSR count). The zero-order chi connectivity index (χ0) is 11.4. The molecule has 1 aliphatic rings. The molecule has 1 aromatic rings. The van der Waals surface area contributed by atoms with Gasteiger partial charge >= 0.3 is 0 Å². The highest BCUT2D eigenvalue weighted by atomic mass is 16.3. The van der Waals surface area contributed by atoms with Crippen molar-refractivity contribution in [3.8, 4) is 11.5 Å². The Labute approximate surface area is 91.0 Å². The van der Waals surface area contributed by atoms with Crippen molar-refractivity contribution >= 4 is 0 Å². The maximum absolute atomic E-state index is 9.30. The van der Waals surface area contributed by atoms with E-state index in [1.165, 1.54) is 10.5 Å². The van der Waals surface area contributed by atoms with E-state index in [0.29, 0.717) is 0 Å². The first-order valence-electron chi connectivity index (χ1n) is 5.52. The molecule has 3 N–H and O–H groups in total. The van der Waals surface area contributed by atoms with Gasteiger partial charge in [-0.05, 0) is 17.7 Å². The summed E-state index contributed by atoms with van der Waals surface area (Å²) in [6, 6.07) is 3.35. The third-order valence-electron chi connectivity index (χ3n) is 2.61. The predicted octanol–water partition coefficient (Wildman–Crippen LogP) is 0.695. The van der Waals surface area contributed by atoms with Gasteiger partial charge in [0.1, 0.15) is 6.54 Å². The summed E-state index contributed by atoms with van der Waals surface area (Å²) < 4.78 is 0. The second-order valence-corrected chi connectivity index (χ2v) is 3.74. The Morgan fingerprint density at radius 1 is 1.07 bits per heavy atom. The van der Waals surface area contributed by atoms with Gasteiger partial charge in [0, 0.05) is 12.0 Å². The number of rotatable bonds is 0. The number of hydrogen-bond donors (Lipinski definition) is 3. The number of hydrogen-bond acceptors (Lipinski definition) is 2. The van der Waals surface area contributed by atoms with Crippen LogP contribution in [0.4, 0.5) is 0 Å². The molecule has 0 saturated heterocycles. The van der Waals surface area contributed by atoms with Crippen LogP contribution in [0.2, 0.25) is 0 Å². The average Bonchev–Trinajstić information content (AvgIpc) is 2.23. The van der Waals surface area contributed by atoms with Crippen LogP contribution in [-0.2, 0) is 13.0 Å². The SMILES string of the molecule is CC.C[NH+]1CCc2cc(O)c(O)cc2C1. The van der Waals surface area contributed by atoms with Gasteiger partial charge in [-0.2, -0.15) is 0 Å². The van der Waals surface area contributed by atoms with E-state index in [2.05, 4.69) is 7.05 Å². The van der Waals surface area contributed by atoms with Crippen molar-refractivity contribution in [3.63, 3.8) is 0 Å². The van der Waals surface area contributed by atoms with Gasteiger partial charge in [0.15, 0.2) is 11.5 Å². The van der Waals surface area contributed by atoms with E-state index in [9.17, 15) is 10.2 Å².